The maximum Gasteiger partial charge on any atom is 0.239 e. The zero-order valence-electron chi connectivity index (χ0n) is 12.3. The Morgan fingerprint density at radius 1 is 1.52 bits per heavy atom. The Bertz CT molecular complexity index is 439. The highest BCUT2D eigenvalue weighted by molar-refractivity contribution is 7.09. The minimum atomic E-state index is -0.423. The molecule has 1 aromatic heterocycles. The molecule has 5 nitrogen and oxygen atoms in total. The number of hydrogen-bond acceptors (Lipinski definition) is 5. The van der Waals surface area contributed by atoms with Crippen LogP contribution in [0.15, 0.2) is 5.38 Å². The first-order chi connectivity index (χ1) is 9.08. The molecule has 8 heteroatoms. The Morgan fingerprint density at radius 3 is 2.67 bits per heavy atom. The van der Waals surface area contributed by atoms with E-state index in [4.69, 9.17) is 10.5 Å². The number of carbonyl (C=O) groups excluding carboxylic acids is 1. The van der Waals surface area contributed by atoms with E-state index in [2.05, 4.69) is 4.98 Å². The number of rotatable bonds is 4. The zero-order valence-corrected chi connectivity index (χ0v) is 14.7. The van der Waals surface area contributed by atoms with Gasteiger partial charge in [0.15, 0.2) is 0 Å². The van der Waals surface area contributed by atoms with Gasteiger partial charge in [-0.25, -0.2) is 4.98 Å². The average Bonchev–Trinajstić information content (AvgIpc) is 2.83. The van der Waals surface area contributed by atoms with Crippen LogP contribution in [0.4, 0.5) is 0 Å². The second-order valence-corrected chi connectivity index (χ2v) is 6.09. The highest BCUT2D eigenvalue weighted by atomic mass is 35.5. The Hall–Kier alpha value is -0.400. The fraction of sp³-hybridized carbons (Fsp3) is 0.692. The third-order valence-corrected chi connectivity index (χ3v) is 4.32. The van der Waals surface area contributed by atoms with Crippen molar-refractivity contribution in [1.29, 1.82) is 0 Å². The molecule has 1 saturated heterocycles. The van der Waals surface area contributed by atoms with Crippen molar-refractivity contribution in [2.24, 2.45) is 11.7 Å². The summed E-state index contributed by atoms with van der Waals surface area (Å²) >= 11 is 1.60. The normalized spacial score (nSPS) is 16.5. The molecule has 2 rings (SSSR count). The summed E-state index contributed by atoms with van der Waals surface area (Å²) in [6.45, 7) is 3.91. The summed E-state index contributed by atoms with van der Waals surface area (Å²) in [7, 11) is 1.79. The van der Waals surface area contributed by atoms with E-state index in [-0.39, 0.29) is 36.6 Å². The fourth-order valence-corrected chi connectivity index (χ4v) is 2.94. The van der Waals surface area contributed by atoms with E-state index in [1.54, 1.807) is 23.3 Å². The minimum Gasteiger partial charge on any atom is -0.381 e. The molecule has 2 N–H and O–H groups in total. The predicted octanol–water partition coefficient (Wildman–Crippen LogP) is 2.01. The molecule has 1 aliphatic rings. The van der Waals surface area contributed by atoms with Gasteiger partial charge in [-0.3, -0.25) is 4.79 Å². The van der Waals surface area contributed by atoms with Gasteiger partial charge >= 0.3 is 0 Å². The molecule has 1 unspecified atom stereocenters. The SMILES string of the molecule is Cc1nc(CN(C)C(=O)C(N)C2CCOCC2)cs1.Cl.Cl. The molecule has 0 radical (unpaired) electrons. The maximum atomic E-state index is 12.3. The Kier molecular flexibility index (Phi) is 9.40. The van der Waals surface area contributed by atoms with E-state index >= 15 is 0 Å². The van der Waals surface area contributed by atoms with Crippen LogP contribution < -0.4 is 5.73 Å². The summed E-state index contributed by atoms with van der Waals surface area (Å²) < 4.78 is 5.30. The predicted molar refractivity (Wildman–Crippen MR) is 89.3 cm³/mol. The molecule has 1 aliphatic heterocycles. The number of nitrogens with zero attached hydrogens (tertiary/aromatic N) is 2. The molecule has 0 aromatic carbocycles. The standard InChI is InChI=1S/C13H21N3O2S.2ClH/c1-9-15-11(8-19-9)7-16(2)13(17)12(14)10-3-5-18-6-4-10;;/h8,10,12H,3-7,14H2,1-2H3;2*1H. The molecule has 122 valence electrons. The van der Waals surface area contributed by atoms with Crippen LogP contribution in [-0.4, -0.2) is 42.1 Å². The van der Waals surface area contributed by atoms with Crippen molar-refractivity contribution in [2.75, 3.05) is 20.3 Å². The summed E-state index contributed by atoms with van der Waals surface area (Å²) in [6, 6.07) is -0.423. The molecular formula is C13H23Cl2N3O2S. The van der Waals surface area contributed by atoms with Crippen LogP contribution in [0.1, 0.15) is 23.5 Å². The molecule has 0 spiro atoms. The Balaban J connectivity index is 0.00000200. The third-order valence-electron chi connectivity index (χ3n) is 3.50. The minimum absolute atomic E-state index is 0. The molecule has 0 aliphatic carbocycles. The van der Waals surface area contributed by atoms with Crippen LogP contribution in [0.25, 0.3) is 0 Å². The maximum absolute atomic E-state index is 12.3. The lowest BCUT2D eigenvalue weighted by molar-refractivity contribution is -0.134. The molecule has 1 amide bonds. The van der Waals surface area contributed by atoms with Gasteiger partial charge in [0, 0.05) is 25.6 Å². The van der Waals surface area contributed by atoms with Crippen LogP contribution in [0, 0.1) is 12.8 Å². The first-order valence-electron chi connectivity index (χ1n) is 6.57. The number of ether oxygens (including phenoxy) is 1. The molecule has 1 atom stereocenters. The van der Waals surface area contributed by atoms with Gasteiger partial charge in [-0.2, -0.15) is 0 Å². The van der Waals surface area contributed by atoms with E-state index in [1.807, 2.05) is 12.3 Å². The first-order valence-corrected chi connectivity index (χ1v) is 7.45. The van der Waals surface area contributed by atoms with E-state index in [9.17, 15) is 4.79 Å². The van der Waals surface area contributed by atoms with Crippen LogP contribution in [0.5, 0.6) is 0 Å². The second-order valence-electron chi connectivity index (χ2n) is 5.03. The van der Waals surface area contributed by atoms with Gasteiger partial charge in [-0.05, 0) is 25.7 Å². The van der Waals surface area contributed by atoms with Gasteiger partial charge in [-0.15, -0.1) is 36.2 Å². The number of hydrogen-bond donors (Lipinski definition) is 1. The van der Waals surface area contributed by atoms with Crippen molar-refractivity contribution >= 4 is 42.1 Å². The zero-order chi connectivity index (χ0) is 13.8. The quantitative estimate of drug-likeness (QED) is 0.896. The van der Waals surface area contributed by atoms with E-state index in [0.29, 0.717) is 19.8 Å². The van der Waals surface area contributed by atoms with Crippen molar-refractivity contribution in [3.05, 3.63) is 16.1 Å². The van der Waals surface area contributed by atoms with Crippen molar-refractivity contribution in [1.82, 2.24) is 9.88 Å². The summed E-state index contributed by atoms with van der Waals surface area (Å²) in [5.74, 6) is 0.235. The molecule has 2 heterocycles. The second kappa shape index (κ2) is 9.58. The van der Waals surface area contributed by atoms with Crippen molar-refractivity contribution in [2.45, 2.75) is 32.4 Å². The molecule has 1 fully saturated rings. The number of halogens is 2. The smallest absolute Gasteiger partial charge is 0.239 e. The van der Waals surface area contributed by atoms with E-state index in [1.165, 1.54) is 0 Å². The third kappa shape index (κ3) is 5.71. The lowest BCUT2D eigenvalue weighted by Gasteiger charge is -2.29. The summed E-state index contributed by atoms with van der Waals surface area (Å²) in [6.07, 6.45) is 1.74. The van der Waals surface area contributed by atoms with Crippen molar-refractivity contribution in [3.8, 4) is 0 Å². The number of thiazole rings is 1. The average molecular weight is 356 g/mol. The van der Waals surface area contributed by atoms with Gasteiger partial charge in [0.2, 0.25) is 5.91 Å². The van der Waals surface area contributed by atoms with E-state index in [0.717, 1.165) is 23.5 Å². The van der Waals surface area contributed by atoms with Crippen molar-refractivity contribution in [3.63, 3.8) is 0 Å². The number of carbonyl (C=O) groups is 1. The fourth-order valence-electron chi connectivity index (χ4n) is 2.33. The van der Waals surface area contributed by atoms with Crippen LogP contribution in [-0.2, 0) is 16.1 Å². The van der Waals surface area contributed by atoms with Crippen LogP contribution in [0.2, 0.25) is 0 Å². The highest BCUT2D eigenvalue weighted by Crippen LogP contribution is 2.19. The summed E-state index contributed by atoms with van der Waals surface area (Å²) in [5, 5.41) is 3.00. The number of nitrogens with two attached hydrogens (primary N) is 1. The number of amides is 1. The van der Waals surface area contributed by atoms with E-state index < -0.39 is 6.04 Å². The highest BCUT2D eigenvalue weighted by Gasteiger charge is 2.28. The number of aromatic nitrogens is 1. The van der Waals surface area contributed by atoms with Gasteiger partial charge in [-0.1, -0.05) is 0 Å². The monoisotopic (exact) mass is 355 g/mol. The van der Waals surface area contributed by atoms with Gasteiger partial charge < -0.3 is 15.4 Å². The lowest BCUT2D eigenvalue weighted by Crippen LogP contribution is -2.47. The van der Waals surface area contributed by atoms with Crippen LogP contribution in [0.3, 0.4) is 0 Å². The molecule has 0 saturated carbocycles. The van der Waals surface area contributed by atoms with Gasteiger partial charge in [0.05, 0.1) is 23.3 Å². The number of aryl methyl sites for hydroxylation is 1. The summed E-state index contributed by atoms with van der Waals surface area (Å²) in [4.78, 5) is 18.3. The van der Waals surface area contributed by atoms with Gasteiger partial charge in [0.25, 0.3) is 0 Å². The van der Waals surface area contributed by atoms with Gasteiger partial charge in [0.1, 0.15) is 0 Å². The molecule has 0 bridgehead atoms. The number of likely N-dealkylation sites (N-methyl/N-ethyl adjacent to an activating group) is 1. The molecule has 1 aromatic rings. The largest absolute Gasteiger partial charge is 0.381 e. The Morgan fingerprint density at radius 2 is 2.14 bits per heavy atom. The van der Waals surface area contributed by atoms with Crippen LogP contribution >= 0.6 is 36.2 Å². The molecular weight excluding hydrogens is 333 g/mol. The first kappa shape index (κ1) is 20.6. The summed E-state index contributed by atoms with van der Waals surface area (Å²) in [5.41, 5.74) is 7.02. The topological polar surface area (TPSA) is 68.5 Å². The Labute approximate surface area is 142 Å². The van der Waals surface area contributed by atoms with Crippen molar-refractivity contribution < 1.29 is 9.53 Å². The lowest BCUT2D eigenvalue weighted by atomic mass is 9.91. The molecule has 21 heavy (non-hydrogen) atoms.